The van der Waals surface area contributed by atoms with Gasteiger partial charge in [0.05, 0.1) is 18.7 Å². The number of cyclic esters (lactones) is 1. The molecular formula is C9H15NO3. The molecule has 0 bridgehead atoms. The molecule has 0 unspecified atom stereocenters. The number of carbonyl (C=O) groups excluding carboxylic acids is 1. The standard InChI is InChI=1S/C9H15NO3/c11-8-4-2-1-3-7(8)10-5-6-13-9(10)12/h7-8,11H,1-6H2/t7-,8-/m0/s1. The number of aliphatic hydroxyl groups excluding tert-OH is 1. The molecule has 0 aromatic heterocycles. The van der Waals surface area contributed by atoms with E-state index in [0.29, 0.717) is 13.2 Å². The van der Waals surface area contributed by atoms with E-state index in [4.69, 9.17) is 4.74 Å². The van der Waals surface area contributed by atoms with Gasteiger partial charge in [0.1, 0.15) is 6.61 Å². The molecule has 1 N–H and O–H groups in total. The number of ether oxygens (including phenoxy) is 1. The van der Waals surface area contributed by atoms with Gasteiger partial charge in [-0.25, -0.2) is 4.79 Å². The summed E-state index contributed by atoms with van der Waals surface area (Å²) in [4.78, 5) is 12.9. The van der Waals surface area contributed by atoms with E-state index in [1.165, 1.54) is 0 Å². The van der Waals surface area contributed by atoms with E-state index >= 15 is 0 Å². The second kappa shape index (κ2) is 3.54. The number of hydrogen-bond acceptors (Lipinski definition) is 3. The van der Waals surface area contributed by atoms with Crippen LogP contribution in [-0.4, -0.2) is 41.4 Å². The van der Waals surface area contributed by atoms with Crippen LogP contribution in [-0.2, 0) is 4.74 Å². The fourth-order valence-corrected chi connectivity index (χ4v) is 2.16. The third kappa shape index (κ3) is 1.63. The van der Waals surface area contributed by atoms with Crippen molar-refractivity contribution in [1.29, 1.82) is 0 Å². The van der Waals surface area contributed by atoms with E-state index in [-0.39, 0.29) is 18.2 Å². The first-order valence-electron chi connectivity index (χ1n) is 4.90. The number of amides is 1. The highest BCUT2D eigenvalue weighted by atomic mass is 16.6. The quantitative estimate of drug-likeness (QED) is 0.655. The maximum Gasteiger partial charge on any atom is 0.410 e. The summed E-state index contributed by atoms with van der Waals surface area (Å²) in [5.74, 6) is 0. The monoisotopic (exact) mass is 185 g/mol. The number of rotatable bonds is 1. The van der Waals surface area contributed by atoms with Gasteiger partial charge in [0.25, 0.3) is 0 Å². The van der Waals surface area contributed by atoms with Gasteiger partial charge in [0.2, 0.25) is 0 Å². The van der Waals surface area contributed by atoms with Crippen LogP contribution in [0.5, 0.6) is 0 Å². The van der Waals surface area contributed by atoms with Gasteiger partial charge in [-0.15, -0.1) is 0 Å². The summed E-state index contributed by atoms with van der Waals surface area (Å²) >= 11 is 0. The van der Waals surface area contributed by atoms with Crippen LogP contribution >= 0.6 is 0 Å². The van der Waals surface area contributed by atoms with Gasteiger partial charge >= 0.3 is 6.09 Å². The fraction of sp³-hybridized carbons (Fsp3) is 0.889. The Morgan fingerprint density at radius 1 is 1.38 bits per heavy atom. The van der Waals surface area contributed by atoms with Gasteiger partial charge in [-0.1, -0.05) is 12.8 Å². The van der Waals surface area contributed by atoms with Gasteiger partial charge in [0, 0.05) is 0 Å². The molecule has 0 aromatic carbocycles. The molecule has 0 spiro atoms. The maximum absolute atomic E-state index is 11.2. The summed E-state index contributed by atoms with van der Waals surface area (Å²) in [5, 5.41) is 9.70. The first-order chi connectivity index (χ1) is 6.29. The Labute approximate surface area is 77.5 Å². The van der Waals surface area contributed by atoms with Crippen LogP contribution < -0.4 is 0 Å². The van der Waals surface area contributed by atoms with Crippen LogP contribution in [0.1, 0.15) is 25.7 Å². The predicted octanol–water partition coefficient (Wildman–Crippen LogP) is 0.742. The van der Waals surface area contributed by atoms with Crippen LogP contribution in [0.4, 0.5) is 4.79 Å². The summed E-state index contributed by atoms with van der Waals surface area (Å²) in [7, 11) is 0. The lowest BCUT2D eigenvalue weighted by Crippen LogP contribution is -2.45. The van der Waals surface area contributed by atoms with Crippen molar-refractivity contribution in [2.75, 3.05) is 13.2 Å². The molecule has 74 valence electrons. The normalized spacial score (nSPS) is 34.8. The van der Waals surface area contributed by atoms with Crippen molar-refractivity contribution in [3.05, 3.63) is 0 Å². The molecule has 4 nitrogen and oxygen atoms in total. The van der Waals surface area contributed by atoms with Gasteiger partial charge < -0.3 is 9.84 Å². The van der Waals surface area contributed by atoms with Gasteiger partial charge in [-0.05, 0) is 12.8 Å². The lowest BCUT2D eigenvalue weighted by Gasteiger charge is -2.33. The minimum Gasteiger partial charge on any atom is -0.448 e. The van der Waals surface area contributed by atoms with Crippen LogP contribution in [0.2, 0.25) is 0 Å². The van der Waals surface area contributed by atoms with Gasteiger partial charge in [-0.2, -0.15) is 0 Å². The van der Waals surface area contributed by atoms with Crippen molar-refractivity contribution in [2.24, 2.45) is 0 Å². The summed E-state index contributed by atoms with van der Waals surface area (Å²) in [6.45, 7) is 1.11. The largest absolute Gasteiger partial charge is 0.448 e. The van der Waals surface area contributed by atoms with Gasteiger partial charge in [-0.3, -0.25) is 4.90 Å². The molecule has 0 radical (unpaired) electrons. The molecule has 2 fully saturated rings. The van der Waals surface area contributed by atoms with E-state index in [1.54, 1.807) is 4.90 Å². The molecule has 1 amide bonds. The van der Waals surface area contributed by atoms with E-state index < -0.39 is 0 Å². The highest BCUT2D eigenvalue weighted by molar-refractivity contribution is 5.69. The zero-order valence-corrected chi connectivity index (χ0v) is 7.61. The average molecular weight is 185 g/mol. The third-order valence-electron chi connectivity index (χ3n) is 2.89. The summed E-state index contributed by atoms with van der Waals surface area (Å²) in [5.41, 5.74) is 0. The number of aliphatic hydroxyl groups is 1. The van der Waals surface area contributed by atoms with E-state index in [1.807, 2.05) is 0 Å². The highest BCUT2D eigenvalue weighted by Crippen LogP contribution is 2.25. The number of nitrogens with zero attached hydrogens (tertiary/aromatic N) is 1. The molecule has 2 rings (SSSR count). The second-order valence-corrected chi connectivity index (χ2v) is 3.73. The molecule has 1 aliphatic carbocycles. The van der Waals surface area contributed by atoms with Crippen molar-refractivity contribution in [3.63, 3.8) is 0 Å². The minimum atomic E-state index is -0.348. The molecule has 13 heavy (non-hydrogen) atoms. The first-order valence-corrected chi connectivity index (χ1v) is 4.90. The minimum absolute atomic E-state index is 0.00347. The van der Waals surface area contributed by atoms with E-state index in [2.05, 4.69) is 0 Å². The molecule has 1 heterocycles. The Bertz CT molecular complexity index is 207. The van der Waals surface area contributed by atoms with Crippen molar-refractivity contribution >= 4 is 6.09 Å². The predicted molar refractivity (Wildman–Crippen MR) is 46.3 cm³/mol. The topological polar surface area (TPSA) is 49.8 Å². The average Bonchev–Trinajstić information content (AvgIpc) is 2.52. The fourth-order valence-electron chi connectivity index (χ4n) is 2.16. The Balaban J connectivity index is 2.01. The molecule has 1 saturated carbocycles. The Kier molecular flexibility index (Phi) is 2.40. The van der Waals surface area contributed by atoms with Crippen molar-refractivity contribution in [1.82, 2.24) is 4.90 Å². The molecule has 1 saturated heterocycles. The van der Waals surface area contributed by atoms with Crippen molar-refractivity contribution < 1.29 is 14.6 Å². The maximum atomic E-state index is 11.2. The highest BCUT2D eigenvalue weighted by Gasteiger charge is 2.35. The summed E-state index contributed by atoms with van der Waals surface area (Å²) < 4.78 is 4.84. The number of hydrogen-bond donors (Lipinski definition) is 1. The molecule has 1 aliphatic heterocycles. The molecular weight excluding hydrogens is 170 g/mol. The van der Waals surface area contributed by atoms with Crippen LogP contribution in [0.15, 0.2) is 0 Å². The zero-order valence-electron chi connectivity index (χ0n) is 7.61. The van der Waals surface area contributed by atoms with Gasteiger partial charge in [0.15, 0.2) is 0 Å². The van der Waals surface area contributed by atoms with Crippen LogP contribution in [0.3, 0.4) is 0 Å². The van der Waals surface area contributed by atoms with E-state index in [0.717, 1.165) is 25.7 Å². The Hall–Kier alpha value is -0.770. The molecule has 4 heteroatoms. The molecule has 0 aromatic rings. The van der Waals surface area contributed by atoms with Crippen molar-refractivity contribution in [3.8, 4) is 0 Å². The smallest absolute Gasteiger partial charge is 0.410 e. The summed E-state index contributed by atoms with van der Waals surface area (Å²) in [6.07, 6.45) is 3.29. The summed E-state index contributed by atoms with van der Waals surface area (Å²) in [6, 6.07) is 0.00347. The SMILES string of the molecule is O=C1OCCN1[C@H]1CCCC[C@@H]1O. The van der Waals surface area contributed by atoms with E-state index in [9.17, 15) is 9.90 Å². The number of carbonyl (C=O) groups is 1. The second-order valence-electron chi connectivity index (χ2n) is 3.73. The Morgan fingerprint density at radius 3 is 2.77 bits per heavy atom. The Morgan fingerprint density at radius 2 is 2.15 bits per heavy atom. The lowest BCUT2D eigenvalue weighted by molar-refractivity contribution is 0.0407. The zero-order chi connectivity index (χ0) is 9.26. The third-order valence-corrected chi connectivity index (χ3v) is 2.89. The van der Waals surface area contributed by atoms with Crippen LogP contribution in [0.25, 0.3) is 0 Å². The van der Waals surface area contributed by atoms with Crippen molar-refractivity contribution in [2.45, 2.75) is 37.8 Å². The first kappa shape index (κ1) is 8.81. The molecule has 2 aliphatic rings. The molecule has 2 atom stereocenters. The van der Waals surface area contributed by atoms with Crippen LogP contribution in [0, 0.1) is 0 Å². The lowest BCUT2D eigenvalue weighted by atomic mass is 9.92.